The zero-order valence-electron chi connectivity index (χ0n) is 26.5. The molecule has 0 amide bonds. The van der Waals surface area contributed by atoms with Crippen LogP contribution in [0.25, 0.3) is 0 Å². The SMILES string of the molecule is O=C(O)C(Cc1ccc(Cl)cc1)NS(=O)(=O)c1cnc(N2CCC(CCCCC3CCN(S(=O)(=O)c4cc(Br)c(Cl)s4)CC3)CC2)c(Br)c1. The number of benzene rings is 1. The molecule has 10 nitrogen and oxygen atoms in total. The van der Waals surface area contributed by atoms with Crippen LogP contribution in [0.1, 0.15) is 56.9 Å². The number of nitrogens with one attached hydrogen (secondary N) is 1. The molecular formula is C32H38Br2Cl2N4O6S3. The van der Waals surface area contributed by atoms with E-state index in [0.717, 1.165) is 75.8 Å². The van der Waals surface area contributed by atoms with E-state index in [1.54, 1.807) is 34.6 Å². The van der Waals surface area contributed by atoms with Crippen molar-refractivity contribution in [3.05, 3.63) is 66.5 Å². The lowest BCUT2D eigenvalue weighted by atomic mass is 9.88. The number of carboxylic acid groups (broad SMARTS) is 1. The van der Waals surface area contributed by atoms with Gasteiger partial charge in [0.15, 0.2) is 0 Å². The largest absolute Gasteiger partial charge is 0.480 e. The molecule has 2 N–H and O–H groups in total. The molecule has 1 atom stereocenters. The molecule has 2 saturated heterocycles. The maximum atomic E-state index is 13.1. The number of nitrogens with zero attached hydrogens (tertiary/aromatic N) is 3. The first-order chi connectivity index (χ1) is 23.2. The Balaban J connectivity index is 1.04. The summed E-state index contributed by atoms with van der Waals surface area (Å²) < 4.78 is 58.0. The van der Waals surface area contributed by atoms with Gasteiger partial charge >= 0.3 is 5.97 Å². The molecule has 1 unspecified atom stereocenters. The van der Waals surface area contributed by atoms with E-state index in [1.807, 2.05) is 0 Å². The topological polar surface area (TPSA) is 137 Å². The highest BCUT2D eigenvalue weighted by Crippen LogP contribution is 2.37. The molecule has 0 spiro atoms. The van der Waals surface area contributed by atoms with E-state index in [0.29, 0.717) is 54.6 Å². The lowest BCUT2D eigenvalue weighted by molar-refractivity contribution is -0.138. The number of rotatable bonds is 14. The average molecular weight is 902 g/mol. The smallest absolute Gasteiger partial charge is 0.322 e. The molecule has 268 valence electrons. The Labute approximate surface area is 318 Å². The van der Waals surface area contributed by atoms with Gasteiger partial charge in [-0.3, -0.25) is 4.79 Å². The number of hydrogen-bond donors (Lipinski definition) is 2. The van der Waals surface area contributed by atoms with Gasteiger partial charge in [-0.15, -0.1) is 11.3 Å². The number of thiophene rings is 1. The summed E-state index contributed by atoms with van der Waals surface area (Å²) in [6, 6.07) is 8.27. The van der Waals surface area contributed by atoms with Crippen LogP contribution in [0, 0.1) is 11.8 Å². The molecule has 1 aromatic carbocycles. The fourth-order valence-corrected chi connectivity index (χ4v) is 12.4. The van der Waals surface area contributed by atoms with Crippen LogP contribution in [0.4, 0.5) is 5.82 Å². The Morgan fingerprint density at radius 1 is 0.939 bits per heavy atom. The van der Waals surface area contributed by atoms with Gasteiger partial charge in [-0.05, 0) is 106 Å². The summed E-state index contributed by atoms with van der Waals surface area (Å²) >= 11 is 19.9. The summed E-state index contributed by atoms with van der Waals surface area (Å²) in [5, 5.41) is 10.2. The number of unbranched alkanes of at least 4 members (excludes halogenated alkanes) is 1. The lowest BCUT2D eigenvalue weighted by Gasteiger charge is -2.33. The van der Waals surface area contributed by atoms with Gasteiger partial charge in [0.05, 0.1) is 4.47 Å². The fraction of sp³-hybridized carbons (Fsp3) is 0.500. The van der Waals surface area contributed by atoms with E-state index >= 15 is 0 Å². The second kappa shape index (κ2) is 17.0. The van der Waals surface area contributed by atoms with Crippen molar-refractivity contribution in [1.82, 2.24) is 14.0 Å². The molecule has 0 aliphatic carbocycles. The molecule has 0 saturated carbocycles. The first-order valence-corrected chi connectivity index (χ1v) is 22.2. The van der Waals surface area contributed by atoms with Gasteiger partial charge in [0, 0.05) is 41.9 Å². The first-order valence-electron chi connectivity index (χ1n) is 16.1. The van der Waals surface area contributed by atoms with Crippen molar-refractivity contribution in [2.24, 2.45) is 11.8 Å². The minimum absolute atomic E-state index is 0.0373. The highest BCUT2D eigenvalue weighted by molar-refractivity contribution is 9.11. The fourth-order valence-electron chi connectivity index (χ4n) is 6.40. The molecule has 2 fully saturated rings. The molecule has 17 heteroatoms. The monoisotopic (exact) mass is 898 g/mol. The van der Waals surface area contributed by atoms with Gasteiger partial charge in [0.25, 0.3) is 10.0 Å². The van der Waals surface area contributed by atoms with Crippen LogP contribution in [-0.4, -0.2) is 69.4 Å². The van der Waals surface area contributed by atoms with E-state index in [4.69, 9.17) is 23.2 Å². The van der Waals surface area contributed by atoms with Gasteiger partial charge in [-0.1, -0.05) is 61.0 Å². The maximum absolute atomic E-state index is 13.1. The molecule has 4 heterocycles. The average Bonchev–Trinajstić information content (AvgIpc) is 3.42. The van der Waals surface area contributed by atoms with Crippen molar-refractivity contribution in [3.63, 3.8) is 0 Å². The van der Waals surface area contributed by atoms with Crippen molar-refractivity contribution >= 4 is 98.2 Å². The predicted octanol–water partition coefficient (Wildman–Crippen LogP) is 7.83. The Kier molecular flexibility index (Phi) is 13.5. The minimum atomic E-state index is -4.16. The zero-order valence-corrected chi connectivity index (χ0v) is 33.7. The van der Waals surface area contributed by atoms with Crippen LogP contribution in [-0.2, 0) is 31.3 Å². The number of pyridine rings is 1. The van der Waals surface area contributed by atoms with Gasteiger partial charge < -0.3 is 10.0 Å². The van der Waals surface area contributed by atoms with Crippen molar-refractivity contribution in [2.75, 3.05) is 31.1 Å². The Morgan fingerprint density at radius 3 is 2.06 bits per heavy atom. The number of aromatic nitrogens is 1. The van der Waals surface area contributed by atoms with Crippen LogP contribution >= 0.6 is 66.4 Å². The molecule has 2 aromatic heterocycles. The molecule has 2 aliphatic heterocycles. The highest BCUT2D eigenvalue weighted by Gasteiger charge is 2.32. The van der Waals surface area contributed by atoms with Gasteiger partial charge in [-0.25, -0.2) is 21.8 Å². The number of piperidine rings is 2. The third kappa shape index (κ3) is 10.2. The number of hydrogen-bond acceptors (Lipinski definition) is 8. The van der Waals surface area contributed by atoms with Crippen LogP contribution in [0.2, 0.25) is 9.36 Å². The summed E-state index contributed by atoms with van der Waals surface area (Å²) in [4.78, 5) is 18.4. The van der Waals surface area contributed by atoms with E-state index in [1.165, 1.54) is 12.3 Å². The van der Waals surface area contributed by atoms with Gasteiger partial charge in [0.1, 0.15) is 25.3 Å². The molecule has 49 heavy (non-hydrogen) atoms. The third-order valence-corrected chi connectivity index (χ3v) is 16.3. The number of sulfonamides is 2. The number of carboxylic acids is 1. The molecule has 0 radical (unpaired) electrons. The second-order valence-corrected chi connectivity index (χ2v) is 20.2. The van der Waals surface area contributed by atoms with Crippen molar-refractivity contribution in [3.8, 4) is 0 Å². The maximum Gasteiger partial charge on any atom is 0.322 e. The standard InChI is InChI=1S/C32H38Br2Cl2N4O6S3/c33-26-19-29(47-30(26)36)49(45,46)40-15-11-22(12-16-40)4-2-1-3-21-9-13-39(14-10-21)31-27(34)18-25(20-37-31)48(43,44)38-28(32(41)42)17-23-5-7-24(35)8-6-23/h5-8,18-22,28,38H,1-4,9-17H2,(H,41,42). The Hall–Kier alpha value is -1.30. The number of halogens is 4. The Morgan fingerprint density at radius 2 is 1.53 bits per heavy atom. The quantitative estimate of drug-likeness (QED) is 0.156. The first kappa shape index (κ1) is 38.9. The zero-order chi connectivity index (χ0) is 35.3. The highest BCUT2D eigenvalue weighted by atomic mass is 79.9. The van der Waals surface area contributed by atoms with Crippen molar-refractivity contribution in [1.29, 1.82) is 0 Å². The van der Waals surface area contributed by atoms with Gasteiger partial charge in [0.2, 0.25) is 10.0 Å². The molecule has 0 bridgehead atoms. The number of aliphatic carboxylic acids is 1. The van der Waals surface area contributed by atoms with Crippen molar-refractivity contribution < 1.29 is 26.7 Å². The summed E-state index contributed by atoms with van der Waals surface area (Å²) in [6.07, 6.45) is 9.54. The van der Waals surface area contributed by atoms with Crippen LogP contribution in [0.5, 0.6) is 0 Å². The molecule has 3 aromatic rings. The second-order valence-electron chi connectivity index (χ2n) is 12.6. The van der Waals surface area contributed by atoms with E-state index in [9.17, 15) is 26.7 Å². The predicted molar refractivity (Wildman–Crippen MR) is 201 cm³/mol. The molecule has 5 rings (SSSR count). The molecular weight excluding hydrogens is 863 g/mol. The van der Waals surface area contributed by atoms with E-state index in [2.05, 4.69) is 46.5 Å². The van der Waals surface area contributed by atoms with Crippen LogP contribution < -0.4 is 9.62 Å². The van der Waals surface area contributed by atoms with Crippen molar-refractivity contribution in [2.45, 2.75) is 72.9 Å². The van der Waals surface area contributed by atoms with Crippen LogP contribution in [0.3, 0.4) is 0 Å². The van der Waals surface area contributed by atoms with Gasteiger partial charge in [-0.2, -0.15) is 9.03 Å². The summed E-state index contributed by atoms with van der Waals surface area (Å²) in [7, 11) is -7.66. The summed E-state index contributed by atoms with van der Waals surface area (Å²) in [5.41, 5.74) is 0.638. The van der Waals surface area contributed by atoms with E-state index in [-0.39, 0.29) is 15.5 Å². The Bertz CT molecular complexity index is 1810. The minimum Gasteiger partial charge on any atom is -0.480 e. The number of anilines is 1. The van der Waals surface area contributed by atoms with Crippen LogP contribution in [0.15, 0.2) is 60.6 Å². The van der Waals surface area contributed by atoms with E-state index < -0.39 is 32.1 Å². The molecule has 2 aliphatic rings. The number of carbonyl (C=O) groups is 1. The summed E-state index contributed by atoms with van der Waals surface area (Å²) in [5.74, 6) is 0.525. The summed E-state index contributed by atoms with van der Waals surface area (Å²) in [6.45, 7) is 2.70. The third-order valence-electron chi connectivity index (χ3n) is 9.23. The lowest BCUT2D eigenvalue weighted by Crippen LogP contribution is -2.42. The normalized spacial score (nSPS) is 17.8.